The number of hydrogen-bond acceptors (Lipinski definition) is 6. The van der Waals surface area contributed by atoms with Crippen molar-refractivity contribution in [1.82, 2.24) is 25.5 Å². The van der Waals surface area contributed by atoms with Gasteiger partial charge in [0, 0.05) is 21.8 Å². The number of nitrogens with zero attached hydrogens (tertiary/aromatic N) is 5. The number of aromatic nitrogens is 4. The lowest BCUT2D eigenvalue weighted by atomic mass is 10.0. The monoisotopic (exact) mass is 532 g/mol. The van der Waals surface area contributed by atoms with Crippen molar-refractivity contribution in [2.45, 2.75) is 38.9 Å². The number of ether oxygens (including phenoxy) is 1. The Morgan fingerprint density at radius 3 is 2.26 bits per heavy atom. The first-order valence-electron chi connectivity index (χ1n) is 12.0. The van der Waals surface area contributed by atoms with Gasteiger partial charge in [0.25, 0.3) is 5.91 Å². The number of methoxy groups -OCH3 is 1. The summed E-state index contributed by atoms with van der Waals surface area (Å²) in [6.45, 7) is 5.44. The molecule has 1 aromatic heterocycles. The number of carbonyl (C=O) groups is 2. The number of benzene rings is 3. The molecular formula is C28H29ClN6O3. The molecule has 38 heavy (non-hydrogen) atoms. The summed E-state index contributed by atoms with van der Waals surface area (Å²) in [6.07, 6.45) is 0. The Kier molecular flexibility index (Phi) is 8.07. The highest BCUT2D eigenvalue weighted by Crippen LogP contribution is 2.30. The fraction of sp³-hybridized carbons (Fsp3) is 0.250. The summed E-state index contributed by atoms with van der Waals surface area (Å²) >= 11 is 5.98. The van der Waals surface area contributed by atoms with E-state index < -0.39 is 11.6 Å². The Balaban J connectivity index is 1.72. The van der Waals surface area contributed by atoms with Crippen LogP contribution >= 0.6 is 11.6 Å². The van der Waals surface area contributed by atoms with Crippen molar-refractivity contribution in [2.24, 2.45) is 0 Å². The Morgan fingerprint density at radius 1 is 1.00 bits per heavy atom. The number of halogens is 1. The van der Waals surface area contributed by atoms with E-state index in [1.807, 2.05) is 39.0 Å². The predicted molar refractivity (Wildman–Crippen MR) is 146 cm³/mol. The zero-order valence-corrected chi connectivity index (χ0v) is 22.4. The highest BCUT2D eigenvalue weighted by atomic mass is 35.5. The maximum absolute atomic E-state index is 13.9. The van der Waals surface area contributed by atoms with Crippen LogP contribution in [0.2, 0.25) is 5.02 Å². The molecule has 196 valence electrons. The molecule has 3 aromatic carbocycles. The first-order chi connectivity index (χ1) is 18.1. The van der Waals surface area contributed by atoms with Crippen LogP contribution in [0.5, 0.6) is 5.75 Å². The summed E-state index contributed by atoms with van der Waals surface area (Å²) < 4.78 is 5.29. The smallest absolute Gasteiger partial charge is 0.251 e. The molecule has 0 aliphatic rings. The van der Waals surface area contributed by atoms with E-state index in [1.54, 1.807) is 67.8 Å². The minimum atomic E-state index is -0.964. The van der Waals surface area contributed by atoms with Gasteiger partial charge in [0.15, 0.2) is 0 Å². The molecule has 0 fully saturated rings. The Hall–Kier alpha value is -4.24. The van der Waals surface area contributed by atoms with Gasteiger partial charge in [-0.25, -0.2) is 0 Å². The van der Waals surface area contributed by atoms with Crippen molar-refractivity contribution in [3.63, 3.8) is 0 Å². The summed E-state index contributed by atoms with van der Waals surface area (Å²) in [5.41, 5.74) is 1.38. The summed E-state index contributed by atoms with van der Waals surface area (Å²) in [4.78, 5) is 30.3. The van der Waals surface area contributed by atoms with E-state index in [1.165, 1.54) is 9.70 Å². The molecule has 0 bridgehead atoms. The van der Waals surface area contributed by atoms with Crippen LogP contribution in [-0.4, -0.2) is 44.7 Å². The van der Waals surface area contributed by atoms with E-state index in [2.05, 4.69) is 20.7 Å². The van der Waals surface area contributed by atoms with Gasteiger partial charge in [-0.1, -0.05) is 41.9 Å². The second-order valence-electron chi connectivity index (χ2n) is 9.66. The maximum atomic E-state index is 13.9. The van der Waals surface area contributed by atoms with Gasteiger partial charge in [-0.15, -0.1) is 10.2 Å². The van der Waals surface area contributed by atoms with Gasteiger partial charge >= 0.3 is 0 Å². The van der Waals surface area contributed by atoms with Crippen LogP contribution in [-0.2, 0) is 16.1 Å². The number of rotatable bonds is 8. The highest BCUT2D eigenvalue weighted by Gasteiger charge is 2.34. The molecule has 2 amide bonds. The quantitative estimate of drug-likeness (QED) is 0.353. The molecule has 4 aromatic rings. The van der Waals surface area contributed by atoms with Crippen LogP contribution in [0.25, 0.3) is 11.4 Å². The van der Waals surface area contributed by atoms with Gasteiger partial charge in [0.2, 0.25) is 11.7 Å². The zero-order chi connectivity index (χ0) is 27.3. The number of para-hydroxylation sites is 1. The minimum absolute atomic E-state index is 0.231. The summed E-state index contributed by atoms with van der Waals surface area (Å²) in [6, 6.07) is 22.2. The van der Waals surface area contributed by atoms with E-state index in [9.17, 15) is 9.59 Å². The molecule has 0 saturated heterocycles. The molecule has 0 radical (unpaired) electrons. The third-order valence-corrected chi connectivity index (χ3v) is 5.82. The van der Waals surface area contributed by atoms with Crippen LogP contribution in [0.4, 0.5) is 5.69 Å². The lowest BCUT2D eigenvalue weighted by Gasteiger charge is -2.33. The average molecular weight is 533 g/mol. The van der Waals surface area contributed by atoms with Crippen LogP contribution in [0.3, 0.4) is 0 Å². The van der Waals surface area contributed by atoms with E-state index in [0.29, 0.717) is 33.4 Å². The third kappa shape index (κ3) is 6.54. The number of tetrazole rings is 1. The van der Waals surface area contributed by atoms with Gasteiger partial charge in [0.05, 0.1) is 7.11 Å². The second kappa shape index (κ2) is 11.4. The average Bonchev–Trinajstić information content (AvgIpc) is 3.35. The molecule has 1 N–H and O–H groups in total. The number of carbonyl (C=O) groups excluding carboxylic acids is 2. The van der Waals surface area contributed by atoms with Crippen molar-refractivity contribution in [2.75, 3.05) is 12.0 Å². The van der Waals surface area contributed by atoms with Crippen molar-refractivity contribution >= 4 is 29.1 Å². The van der Waals surface area contributed by atoms with Crippen molar-refractivity contribution in [3.05, 3.63) is 89.4 Å². The fourth-order valence-electron chi connectivity index (χ4n) is 3.89. The summed E-state index contributed by atoms with van der Waals surface area (Å²) in [7, 11) is 1.57. The molecule has 1 atom stereocenters. The number of nitrogens with one attached hydrogen (secondary N) is 1. The van der Waals surface area contributed by atoms with Crippen LogP contribution in [0.1, 0.15) is 32.4 Å². The van der Waals surface area contributed by atoms with E-state index in [-0.39, 0.29) is 18.4 Å². The lowest BCUT2D eigenvalue weighted by Crippen LogP contribution is -2.50. The number of anilines is 1. The standard InChI is InChI=1S/C28H29ClN6O3/c1-28(2,3)30-27(37)25(19-12-16-23(38-4)17-13-19)35(22-8-6-5-7-9-22)24(36)18-34-32-26(31-33-34)20-10-14-21(29)15-11-20/h5-17,25H,18H2,1-4H3,(H,30,37). The van der Waals surface area contributed by atoms with Gasteiger partial charge in [-0.05, 0) is 80.1 Å². The predicted octanol–water partition coefficient (Wildman–Crippen LogP) is 4.69. The number of hydrogen-bond donors (Lipinski definition) is 1. The molecule has 0 aliphatic carbocycles. The molecule has 0 spiro atoms. The van der Waals surface area contributed by atoms with Crippen LogP contribution in [0.15, 0.2) is 78.9 Å². The van der Waals surface area contributed by atoms with Crippen LogP contribution < -0.4 is 15.0 Å². The van der Waals surface area contributed by atoms with Gasteiger partial charge in [-0.3, -0.25) is 14.5 Å². The third-order valence-electron chi connectivity index (χ3n) is 5.57. The SMILES string of the molecule is COc1ccc(C(C(=O)NC(C)(C)C)N(C(=O)Cn2nnc(-c3ccc(Cl)cc3)n2)c2ccccc2)cc1. The molecule has 0 aliphatic heterocycles. The fourth-order valence-corrected chi connectivity index (χ4v) is 4.02. The zero-order valence-electron chi connectivity index (χ0n) is 21.6. The topological polar surface area (TPSA) is 102 Å². The summed E-state index contributed by atoms with van der Waals surface area (Å²) in [5.74, 6) is 0.287. The molecule has 1 heterocycles. The molecule has 4 rings (SSSR count). The first kappa shape index (κ1) is 26.8. The molecule has 9 nitrogen and oxygen atoms in total. The van der Waals surface area contributed by atoms with E-state index in [0.717, 1.165) is 0 Å². The van der Waals surface area contributed by atoms with E-state index in [4.69, 9.17) is 16.3 Å². The molecule has 0 saturated carbocycles. The number of amides is 2. The second-order valence-corrected chi connectivity index (χ2v) is 10.1. The normalized spacial score (nSPS) is 12.0. The maximum Gasteiger partial charge on any atom is 0.251 e. The largest absolute Gasteiger partial charge is 0.497 e. The summed E-state index contributed by atoms with van der Waals surface area (Å²) in [5, 5.41) is 16.1. The first-order valence-corrected chi connectivity index (χ1v) is 12.4. The minimum Gasteiger partial charge on any atom is -0.497 e. The van der Waals surface area contributed by atoms with Crippen LogP contribution in [0, 0.1) is 0 Å². The Labute approximate surface area is 226 Å². The molecule has 10 heteroatoms. The Bertz CT molecular complexity index is 1380. The molecule has 1 unspecified atom stereocenters. The highest BCUT2D eigenvalue weighted by molar-refractivity contribution is 6.30. The van der Waals surface area contributed by atoms with Gasteiger partial charge in [0.1, 0.15) is 18.3 Å². The Morgan fingerprint density at radius 2 is 1.66 bits per heavy atom. The molecular weight excluding hydrogens is 504 g/mol. The lowest BCUT2D eigenvalue weighted by molar-refractivity contribution is -0.128. The van der Waals surface area contributed by atoms with Gasteiger partial charge < -0.3 is 10.1 Å². The van der Waals surface area contributed by atoms with Crippen molar-refractivity contribution < 1.29 is 14.3 Å². The van der Waals surface area contributed by atoms with E-state index >= 15 is 0 Å². The van der Waals surface area contributed by atoms with Crippen molar-refractivity contribution in [3.8, 4) is 17.1 Å². The van der Waals surface area contributed by atoms with Gasteiger partial charge in [-0.2, -0.15) is 4.80 Å². The van der Waals surface area contributed by atoms with Crippen molar-refractivity contribution in [1.29, 1.82) is 0 Å².